The normalized spacial score (nSPS) is 11.5. The molecule has 0 saturated carbocycles. The number of para-hydroxylation sites is 1. The fourth-order valence-electron chi connectivity index (χ4n) is 2.21. The first-order valence-corrected chi connectivity index (χ1v) is 8.29. The molecule has 1 atom stereocenters. The summed E-state index contributed by atoms with van der Waals surface area (Å²) in [6, 6.07) is 4.63. The number of imide groups is 1. The maximum Gasteiger partial charge on any atom is 0.321 e. The minimum Gasteiger partial charge on any atom is -0.493 e. The van der Waals surface area contributed by atoms with E-state index in [1.165, 1.54) is 21.1 Å². The molecule has 3 amide bonds. The third-order valence-electron chi connectivity index (χ3n) is 3.42. The zero-order valence-electron chi connectivity index (χ0n) is 15.8. The van der Waals surface area contributed by atoms with Gasteiger partial charge in [0.15, 0.2) is 17.6 Å². The lowest BCUT2D eigenvalue weighted by molar-refractivity contribution is -0.154. The van der Waals surface area contributed by atoms with Gasteiger partial charge in [-0.3, -0.25) is 14.9 Å². The Labute approximate surface area is 153 Å². The number of aryl methyl sites for hydroxylation is 1. The Balaban J connectivity index is 2.54. The fraction of sp³-hybridized carbons (Fsp3) is 0.500. The van der Waals surface area contributed by atoms with Crippen molar-refractivity contribution in [2.24, 2.45) is 0 Å². The van der Waals surface area contributed by atoms with Crippen LogP contribution in [-0.2, 0) is 20.7 Å². The lowest BCUT2D eigenvalue weighted by Gasteiger charge is -2.15. The summed E-state index contributed by atoms with van der Waals surface area (Å²) < 4.78 is 15.6. The van der Waals surface area contributed by atoms with E-state index < -0.39 is 24.0 Å². The molecule has 1 rings (SSSR count). The van der Waals surface area contributed by atoms with Gasteiger partial charge in [0.05, 0.1) is 14.2 Å². The molecular weight excluding hydrogens is 340 g/mol. The van der Waals surface area contributed by atoms with Crippen molar-refractivity contribution in [3.63, 3.8) is 0 Å². The Morgan fingerprint density at radius 1 is 1.08 bits per heavy atom. The van der Waals surface area contributed by atoms with Crippen LogP contribution in [0.1, 0.15) is 32.8 Å². The van der Waals surface area contributed by atoms with Gasteiger partial charge >= 0.3 is 12.0 Å². The fourth-order valence-corrected chi connectivity index (χ4v) is 2.21. The van der Waals surface area contributed by atoms with Crippen molar-refractivity contribution < 1.29 is 28.6 Å². The molecule has 0 aliphatic carbocycles. The van der Waals surface area contributed by atoms with E-state index in [2.05, 4.69) is 10.6 Å². The molecule has 0 unspecified atom stereocenters. The Kier molecular flexibility index (Phi) is 8.41. The van der Waals surface area contributed by atoms with E-state index in [9.17, 15) is 14.4 Å². The molecule has 2 N–H and O–H groups in total. The lowest BCUT2D eigenvalue weighted by atomic mass is 10.1. The highest BCUT2D eigenvalue weighted by Gasteiger charge is 2.20. The Hall–Kier alpha value is -2.77. The first-order chi connectivity index (χ1) is 12.3. The van der Waals surface area contributed by atoms with Crippen LogP contribution in [0.5, 0.6) is 11.5 Å². The number of benzene rings is 1. The van der Waals surface area contributed by atoms with Crippen molar-refractivity contribution in [3.05, 3.63) is 23.8 Å². The van der Waals surface area contributed by atoms with Gasteiger partial charge < -0.3 is 19.5 Å². The van der Waals surface area contributed by atoms with Crippen LogP contribution in [0.2, 0.25) is 0 Å². The van der Waals surface area contributed by atoms with Crippen LogP contribution in [0.4, 0.5) is 4.79 Å². The number of esters is 1. The van der Waals surface area contributed by atoms with E-state index in [0.717, 1.165) is 5.56 Å². The lowest BCUT2D eigenvalue weighted by Crippen LogP contribution is -2.46. The standard InChI is InChI=1S/C18H26N2O6/c1-11(2)19-18(23)20-17(22)12(3)26-15(21)10-9-13-7-6-8-14(24-4)16(13)25-5/h6-8,11-12H,9-10H2,1-5H3,(H2,19,20,22,23)/t12-/m1/s1. The van der Waals surface area contributed by atoms with E-state index in [4.69, 9.17) is 14.2 Å². The minimum absolute atomic E-state index is 0.0549. The first kappa shape index (κ1) is 21.3. The van der Waals surface area contributed by atoms with Gasteiger partial charge in [0, 0.05) is 12.5 Å². The molecule has 8 nitrogen and oxygen atoms in total. The van der Waals surface area contributed by atoms with Gasteiger partial charge in [-0.05, 0) is 38.8 Å². The maximum absolute atomic E-state index is 12.0. The van der Waals surface area contributed by atoms with Gasteiger partial charge in [0.2, 0.25) is 0 Å². The van der Waals surface area contributed by atoms with Gasteiger partial charge in [-0.2, -0.15) is 0 Å². The molecule has 8 heteroatoms. The molecular formula is C18H26N2O6. The molecule has 0 heterocycles. The Morgan fingerprint density at radius 3 is 2.35 bits per heavy atom. The minimum atomic E-state index is -1.08. The number of urea groups is 1. The average molecular weight is 366 g/mol. The van der Waals surface area contributed by atoms with E-state index in [1.807, 2.05) is 6.07 Å². The second-order valence-electron chi connectivity index (χ2n) is 5.90. The van der Waals surface area contributed by atoms with E-state index in [-0.39, 0.29) is 12.5 Å². The number of nitrogens with one attached hydrogen (secondary N) is 2. The zero-order valence-corrected chi connectivity index (χ0v) is 15.8. The molecule has 0 aliphatic rings. The molecule has 0 saturated heterocycles. The summed E-state index contributed by atoms with van der Waals surface area (Å²) in [6.45, 7) is 4.93. The van der Waals surface area contributed by atoms with E-state index in [1.54, 1.807) is 26.0 Å². The second kappa shape index (κ2) is 10.3. The van der Waals surface area contributed by atoms with Crippen LogP contribution in [-0.4, -0.2) is 44.3 Å². The highest BCUT2D eigenvalue weighted by atomic mass is 16.5. The molecule has 144 valence electrons. The Morgan fingerprint density at radius 2 is 1.77 bits per heavy atom. The molecule has 1 aromatic rings. The molecule has 1 aromatic carbocycles. The molecule has 0 aliphatic heterocycles. The van der Waals surface area contributed by atoms with Crippen LogP contribution in [0.25, 0.3) is 0 Å². The van der Waals surface area contributed by atoms with Crippen molar-refractivity contribution in [2.45, 2.75) is 45.8 Å². The molecule has 0 bridgehead atoms. The summed E-state index contributed by atoms with van der Waals surface area (Å²) in [4.78, 5) is 35.3. The molecule has 0 radical (unpaired) electrons. The predicted octanol–water partition coefficient (Wildman–Crippen LogP) is 1.80. The van der Waals surface area contributed by atoms with Crippen LogP contribution in [0.15, 0.2) is 18.2 Å². The topological polar surface area (TPSA) is 103 Å². The summed E-state index contributed by atoms with van der Waals surface area (Å²) >= 11 is 0. The summed E-state index contributed by atoms with van der Waals surface area (Å²) in [5.41, 5.74) is 0.789. The van der Waals surface area contributed by atoms with Crippen molar-refractivity contribution in [1.82, 2.24) is 10.6 Å². The molecule has 0 aromatic heterocycles. The monoisotopic (exact) mass is 366 g/mol. The number of rotatable bonds is 8. The van der Waals surface area contributed by atoms with Crippen LogP contribution in [0, 0.1) is 0 Å². The van der Waals surface area contributed by atoms with Crippen molar-refractivity contribution in [2.75, 3.05) is 14.2 Å². The zero-order chi connectivity index (χ0) is 19.7. The largest absolute Gasteiger partial charge is 0.493 e. The number of ether oxygens (including phenoxy) is 3. The van der Waals surface area contributed by atoms with Gasteiger partial charge in [-0.1, -0.05) is 12.1 Å². The van der Waals surface area contributed by atoms with Crippen LogP contribution >= 0.6 is 0 Å². The van der Waals surface area contributed by atoms with E-state index in [0.29, 0.717) is 17.9 Å². The SMILES string of the molecule is COc1cccc(CCC(=O)O[C@H](C)C(=O)NC(=O)NC(C)C)c1OC. The first-order valence-electron chi connectivity index (χ1n) is 8.29. The number of amides is 3. The molecule has 0 fully saturated rings. The maximum atomic E-state index is 12.0. The number of carbonyl (C=O) groups is 3. The van der Waals surface area contributed by atoms with Crippen LogP contribution < -0.4 is 20.1 Å². The smallest absolute Gasteiger partial charge is 0.321 e. The van der Waals surface area contributed by atoms with Crippen molar-refractivity contribution in [1.29, 1.82) is 0 Å². The summed E-state index contributed by atoms with van der Waals surface area (Å²) in [5.74, 6) is -0.113. The summed E-state index contributed by atoms with van der Waals surface area (Å²) in [5, 5.41) is 4.64. The number of carbonyl (C=O) groups excluding carboxylic acids is 3. The van der Waals surface area contributed by atoms with Gasteiger partial charge in [0.25, 0.3) is 5.91 Å². The highest BCUT2D eigenvalue weighted by Crippen LogP contribution is 2.31. The van der Waals surface area contributed by atoms with Crippen LogP contribution in [0.3, 0.4) is 0 Å². The van der Waals surface area contributed by atoms with Gasteiger partial charge in [-0.15, -0.1) is 0 Å². The quantitative estimate of drug-likeness (QED) is 0.680. The highest BCUT2D eigenvalue weighted by molar-refractivity contribution is 5.97. The van der Waals surface area contributed by atoms with Crippen molar-refractivity contribution >= 4 is 17.9 Å². The second-order valence-corrected chi connectivity index (χ2v) is 5.90. The van der Waals surface area contributed by atoms with Gasteiger partial charge in [-0.25, -0.2) is 4.79 Å². The number of hydrogen-bond donors (Lipinski definition) is 2. The number of hydrogen-bond acceptors (Lipinski definition) is 6. The molecule has 0 spiro atoms. The average Bonchev–Trinajstić information content (AvgIpc) is 2.58. The third kappa shape index (κ3) is 6.62. The predicted molar refractivity (Wildman–Crippen MR) is 95.2 cm³/mol. The summed E-state index contributed by atoms with van der Waals surface area (Å²) in [7, 11) is 3.06. The number of methoxy groups -OCH3 is 2. The Bertz CT molecular complexity index is 645. The van der Waals surface area contributed by atoms with Gasteiger partial charge in [0.1, 0.15) is 0 Å². The van der Waals surface area contributed by atoms with E-state index >= 15 is 0 Å². The summed E-state index contributed by atoms with van der Waals surface area (Å²) in [6.07, 6.45) is -0.659. The van der Waals surface area contributed by atoms with Crippen molar-refractivity contribution in [3.8, 4) is 11.5 Å². The third-order valence-corrected chi connectivity index (χ3v) is 3.42. The molecule has 26 heavy (non-hydrogen) atoms.